The second-order valence-corrected chi connectivity index (χ2v) is 5.02. The van der Waals surface area contributed by atoms with Gasteiger partial charge in [0.2, 0.25) is 0 Å². The zero-order valence-corrected chi connectivity index (χ0v) is 10.4. The summed E-state index contributed by atoms with van der Waals surface area (Å²) in [6.07, 6.45) is 2.04. The maximum atomic E-state index is 13.6. The van der Waals surface area contributed by atoms with Gasteiger partial charge in [0.1, 0.15) is 5.82 Å². The van der Waals surface area contributed by atoms with Crippen LogP contribution in [-0.4, -0.2) is 0 Å². The molecule has 0 amide bonds. The van der Waals surface area contributed by atoms with Crippen molar-refractivity contribution in [1.29, 1.82) is 0 Å². The number of benzene rings is 2. The van der Waals surface area contributed by atoms with E-state index in [-0.39, 0.29) is 11.9 Å². The second-order valence-electron chi connectivity index (χ2n) is 5.02. The molecule has 1 aliphatic rings. The van der Waals surface area contributed by atoms with Gasteiger partial charge in [0.25, 0.3) is 0 Å². The molecule has 3 rings (SSSR count). The number of halogens is 1. The van der Waals surface area contributed by atoms with Gasteiger partial charge in [-0.15, -0.1) is 0 Å². The van der Waals surface area contributed by atoms with Crippen LogP contribution in [0.1, 0.15) is 29.2 Å². The first-order chi connectivity index (χ1) is 8.65. The number of nitrogens with two attached hydrogens (primary N) is 1. The standard InChI is InChI=1S/C16H16FN/c1-10-2-3-12(9-15(10)17)11-4-6-14-13(8-11)5-7-16(14)18/h2-4,6,8-9,16H,5,7,18H2,1H3. The molecule has 0 aliphatic heterocycles. The zero-order valence-electron chi connectivity index (χ0n) is 10.4. The molecule has 0 bridgehead atoms. The number of hydrogen-bond acceptors (Lipinski definition) is 1. The highest BCUT2D eigenvalue weighted by atomic mass is 19.1. The molecule has 2 heteroatoms. The number of rotatable bonds is 1. The van der Waals surface area contributed by atoms with Crippen molar-refractivity contribution in [2.24, 2.45) is 5.73 Å². The molecule has 2 N–H and O–H groups in total. The van der Waals surface area contributed by atoms with E-state index in [1.165, 1.54) is 11.1 Å². The highest BCUT2D eigenvalue weighted by Gasteiger charge is 2.19. The summed E-state index contributed by atoms with van der Waals surface area (Å²) in [5.41, 5.74) is 11.3. The Morgan fingerprint density at radius 2 is 1.83 bits per heavy atom. The third-order valence-corrected chi connectivity index (χ3v) is 3.77. The Morgan fingerprint density at radius 1 is 1.11 bits per heavy atom. The zero-order chi connectivity index (χ0) is 12.7. The molecule has 0 fully saturated rings. The normalized spacial score (nSPS) is 17.8. The van der Waals surface area contributed by atoms with Gasteiger partial charge in [-0.05, 0) is 53.6 Å². The monoisotopic (exact) mass is 241 g/mol. The lowest BCUT2D eigenvalue weighted by molar-refractivity contribution is 0.619. The average Bonchev–Trinajstić information content (AvgIpc) is 2.74. The molecule has 1 unspecified atom stereocenters. The molecule has 92 valence electrons. The molecule has 1 atom stereocenters. The number of hydrogen-bond donors (Lipinski definition) is 1. The SMILES string of the molecule is Cc1ccc(-c2ccc3c(c2)CCC3N)cc1F. The Labute approximate surface area is 106 Å². The van der Waals surface area contributed by atoms with E-state index in [1.807, 2.05) is 18.2 Å². The molecule has 2 aromatic rings. The summed E-state index contributed by atoms with van der Waals surface area (Å²) in [4.78, 5) is 0. The molecule has 18 heavy (non-hydrogen) atoms. The predicted molar refractivity (Wildman–Crippen MR) is 71.8 cm³/mol. The summed E-state index contributed by atoms with van der Waals surface area (Å²) >= 11 is 0. The van der Waals surface area contributed by atoms with E-state index in [0.29, 0.717) is 5.56 Å². The third kappa shape index (κ3) is 1.83. The van der Waals surface area contributed by atoms with Crippen LogP contribution in [-0.2, 0) is 6.42 Å². The van der Waals surface area contributed by atoms with Gasteiger partial charge in [0.05, 0.1) is 0 Å². The van der Waals surface area contributed by atoms with Crippen molar-refractivity contribution < 1.29 is 4.39 Å². The smallest absolute Gasteiger partial charge is 0.126 e. The molecule has 2 aromatic carbocycles. The van der Waals surface area contributed by atoms with Crippen molar-refractivity contribution in [3.05, 3.63) is 58.9 Å². The van der Waals surface area contributed by atoms with Crippen LogP contribution >= 0.6 is 0 Å². The minimum Gasteiger partial charge on any atom is -0.324 e. The van der Waals surface area contributed by atoms with Crippen molar-refractivity contribution in [2.45, 2.75) is 25.8 Å². The largest absolute Gasteiger partial charge is 0.324 e. The van der Waals surface area contributed by atoms with Crippen LogP contribution in [0.3, 0.4) is 0 Å². The molecular weight excluding hydrogens is 225 g/mol. The van der Waals surface area contributed by atoms with Crippen LogP contribution in [0.5, 0.6) is 0 Å². The Hall–Kier alpha value is -1.67. The van der Waals surface area contributed by atoms with E-state index < -0.39 is 0 Å². The summed E-state index contributed by atoms with van der Waals surface area (Å²) in [7, 11) is 0. The molecule has 0 aromatic heterocycles. The van der Waals surface area contributed by atoms with E-state index in [4.69, 9.17) is 5.73 Å². The summed E-state index contributed by atoms with van der Waals surface area (Å²) < 4.78 is 13.6. The van der Waals surface area contributed by atoms with Gasteiger partial charge in [-0.3, -0.25) is 0 Å². The van der Waals surface area contributed by atoms with Crippen LogP contribution in [0.4, 0.5) is 4.39 Å². The number of fused-ring (bicyclic) bond motifs is 1. The van der Waals surface area contributed by atoms with E-state index in [1.54, 1.807) is 13.0 Å². The van der Waals surface area contributed by atoms with Crippen LogP contribution < -0.4 is 5.73 Å². The molecule has 0 saturated carbocycles. The fourth-order valence-corrected chi connectivity index (χ4v) is 2.60. The summed E-state index contributed by atoms with van der Waals surface area (Å²) in [6.45, 7) is 1.78. The topological polar surface area (TPSA) is 26.0 Å². The van der Waals surface area contributed by atoms with Crippen LogP contribution in [0.2, 0.25) is 0 Å². The lowest BCUT2D eigenvalue weighted by Crippen LogP contribution is -2.04. The molecular formula is C16H16FN. The van der Waals surface area contributed by atoms with Crippen LogP contribution in [0, 0.1) is 12.7 Å². The highest BCUT2D eigenvalue weighted by Crippen LogP contribution is 2.33. The molecule has 0 heterocycles. The lowest BCUT2D eigenvalue weighted by Gasteiger charge is -2.08. The van der Waals surface area contributed by atoms with Crippen LogP contribution in [0.15, 0.2) is 36.4 Å². The van der Waals surface area contributed by atoms with Gasteiger partial charge in [-0.1, -0.05) is 30.3 Å². The Kier molecular flexibility index (Phi) is 2.67. The van der Waals surface area contributed by atoms with Gasteiger partial charge in [0.15, 0.2) is 0 Å². The van der Waals surface area contributed by atoms with Crippen molar-refractivity contribution in [1.82, 2.24) is 0 Å². The van der Waals surface area contributed by atoms with Crippen molar-refractivity contribution in [2.75, 3.05) is 0 Å². The summed E-state index contributed by atoms with van der Waals surface area (Å²) in [5, 5.41) is 0. The number of aryl methyl sites for hydroxylation is 2. The summed E-state index contributed by atoms with van der Waals surface area (Å²) in [6, 6.07) is 11.8. The van der Waals surface area contributed by atoms with E-state index >= 15 is 0 Å². The minimum absolute atomic E-state index is 0.148. The Bertz CT molecular complexity index is 604. The third-order valence-electron chi connectivity index (χ3n) is 3.77. The van der Waals surface area contributed by atoms with E-state index in [9.17, 15) is 4.39 Å². The molecule has 1 nitrogen and oxygen atoms in total. The van der Waals surface area contributed by atoms with Gasteiger partial charge in [-0.2, -0.15) is 0 Å². The van der Waals surface area contributed by atoms with Crippen molar-refractivity contribution in [3.8, 4) is 11.1 Å². The second kappa shape index (κ2) is 4.21. The molecule has 0 spiro atoms. The average molecular weight is 241 g/mol. The molecule has 0 radical (unpaired) electrons. The quantitative estimate of drug-likeness (QED) is 0.808. The van der Waals surface area contributed by atoms with Gasteiger partial charge in [0, 0.05) is 6.04 Å². The first-order valence-electron chi connectivity index (χ1n) is 6.30. The molecule has 1 aliphatic carbocycles. The molecule has 0 saturated heterocycles. The Balaban J connectivity index is 2.05. The maximum absolute atomic E-state index is 13.6. The van der Waals surface area contributed by atoms with Crippen molar-refractivity contribution in [3.63, 3.8) is 0 Å². The van der Waals surface area contributed by atoms with Gasteiger partial charge < -0.3 is 5.73 Å². The summed E-state index contributed by atoms with van der Waals surface area (Å²) in [5.74, 6) is -0.148. The first kappa shape index (κ1) is 11.4. The van der Waals surface area contributed by atoms with Crippen LogP contribution in [0.25, 0.3) is 11.1 Å². The fourth-order valence-electron chi connectivity index (χ4n) is 2.60. The maximum Gasteiger partial charge on any atom is 0.126 e. The highest BCUT2D eigenvalue weighted by molar-refractivity contribution is 5.66. The lowest BCUT2D eigenvalue weighted by atomic mass is 9.99. The van der Waals surface area contributed by atoms with Gasteiger partial charge >= 0.3 is 0 Å². The van der Waals surface area contributed by atoms with E-state index in [2.05, 4.69) is 12.1 Å². The fraction of sp³-hybridized carbons (Fsp3) is 0.250. The van der Waals surface area contributed by atoms with Gasteiger partial charge in [-0.25, -0.2) is 4.39 Å². The Morgan fingerprint density at radius 3 is 2.61 bits per heavy atom. The minimum atomic E-state index is -0.148. The predicted octanol–water partition coefficient (Wildman–Crippen LogP) is 3.75. The van der Waals surface area contributed by atoms with E-state index in [0.717, 1.165) is 24.0 Å². The first-order valence-corrected chi connectivity index (χ1v) is 6.30. The van der Waals surface area contributed by atoms with Crippen molar-refractivity contribution >= 4 is 0 Å².